The van der Waals surface area contributed by atoms with Crippen LogP contribution in [0.1, 0.15) is 6.92 Å². The zero-order valence-corrected chi connectivity index (χ0v) is 13.0. The number of nitrogens with one attached hydrogen (secondary N) is 1. The van der Waals surface area contributed by atoms with Crippen LogP contribution in [-0.4, -0.2) is 26.5 Å². The van der Waals surface area contributed by atoms with Crippen LogP contribution in [0.15, 0.2) is 27.1 Å². The highest BCUT2D eigenvalue weighted by molar-refractivity contribution is 9.11. The number of sulfone groups is 1. The van der Waals surface area contributed by atoms with E-state index in [1.54, 1.807) is 0 Å². The Kier molecular flexibility index (Phi) is 4.82. The van der Waals surface area contributed by atoms with Gasteiger partial charge >= 0.3 is 0 Å². The average molecular weight is 371 g/mol. The van der Waals surface area contributed by atoms with Crippen molar-refractivity contribution in [2.45, 2.75) is 13.0 Å². The lowest BCUT2D eigenvalue weighted by atomic mass is 10.3. The Hall–Kier alpha value is -0.0700. The van der Waals surface area contributed by atoms with E-state index in [1.165, 1.54) is 6.26 Å². The number of anilines is 1. The van der Waals surface area contributed by atoms with Crippen molar-refractivity contribution < 1.29 is 8.42 Å². The summed E-state index contributed by atoms with van der Waals surface area (Å²) in [5.74, 6) is 0.112. The van der Waals surface area contributed by atoms with Crippen molar-refractivity contribution in [1.29, 1.82) is 0 Å². The van der Waals surface area contributed by atoms with Crippen LogP contribution in [0, 0.1) is 0 Å². The Morgan fingerprint density at radius 3 is 2.25 bits per heavy atom. The summed E-state index contributed by atoms with van der Waals surface area (Å²) in [6.07, 6.45) is 1.24. The van der Waals surface area contributed by atoms with Gasteiger partial charge in [0.2, 0.25) is 0 Å². The molecule has 0 aliphatic heterocycles. The Labute approximate surface area is 113 Å². The number of hydrogen-bond acceptors (Lipinski definition) is 3. The molecule has 0 aromatic heterocycles. The maximum absolute atomic E-state index is 11.1. The number of benzene rings is 1. The van der Waals surface area contributed by atoms with Crippen molar-refractivity contribution in [3.05, 3.63) is 27.1 Å². The topological polar surface area (TPSA) is 46.2 Å². The van der Waals surface area contributed by atoms with Gasteiger partial charge in [-0.05, 0) is 50.9 Å². The molecule has 0 bridgehead atoms. The van der Waals surface area contributed by atoms with Gasteiger partial charge in [0.1, 0.15) is 9.84 Å². The van der Waals surface area contributed by atoms with Crippen LogP contribution in [0.4, 0.5) is 5.69 Å². The molecule has 0 spiro atoms. The second-order valence-electron chi connectivity index (χ2n) is 3.73. The van der Waals surface area contributed by atoms with Crippen LogP contribution in [0.25, 0.3) is 0 Å². The minimum Gasteiger partial charge on any atom is -0.380 e. The van der Waals surface area contributed by atoms with Crippen molar-refractivity contribution in [2.75, 3.05) is 17.3 Å². The highest BCUT2D eigenvalue weighted by Crippen LogP contribution is 2.31. The van der Waals surface area contributed by atoms with Crippen LogP contribution >= 0.6 is 31.9 Å². The molecule has 1 rings (SSSR count). The number of hydrogen-bond donors (Lipinski definition) is 1. The molecule has 0 aliphatic rings. The van der Waals surface area contributed by atoms with Crippen molar-refractivity contribution >= 4 is 47.4 Å². The fraction of sp³-hybridized carbons (Fsp3) is 0.400. The summed E-state index contributed by atoms with van der Waals surface area (Å²) in [5.41, 5.74) is 0.874. The minimum atomic E-state index is -2.96. The molecule has 90 valence electrons. The molecule has 1 aromatic rings. The first-order valence-electron chi connectivity index (χ1n) is 4.68. The first-order chi connectivity index (χ1) is 7.29. The lowest BCUT2D eigenvalue weighted by molar-refractivity contribution is 0.598. The van der Waals surface area contributed by atoms with Crippen LogP contribution in [0.3, 0.4) is 0 Å². The highest BCUT2D eigenvalue weighted by atomic mass is 79.9. The van der Waals surface area contributed by atoms with Crippen molar-refractivity contribution in [1.82, 2.24) is 0 Å². The van der Waals surface area contributed by atoms with Crippen molar-refractivity contribution in [3.8, 4) is 0 Å². The number of halogens is 2. The molecule has 0 fully saturated rings. The summed E-state index contributed by atoms with van der Waals surface area (Å²) in [5, 5.41) is 3.16. The molecule has 0 amide bonds. The smallest absolute Gasteiger partial charge is 0.149 e. The van der Waals surface area contributed by atoms with Gasteiger partial charge in [-0.25, -0.2) is 8.42 Å². The zero-order valence-electron chi connectivity index (χ0n) is 9.00. The van der Waals surface area contributed by atoms with Gasteiger partial charge in [0.05, 0.1) is 11.4 Å². The van der Waals surface area contributed by atoms with E-state index in [2.05, 4.69) is 37.2 Å². The first kappa shape index (κ1) is 14.0. The normalized spacial score (nSPS) is 13.5. The molecule has 0 aliphatic carbocycles. The van der Waals surface area contributed by atoms with Gasteiger partial charge in [0.15, 0.2) is 0 Å². The summed E-state index contributed by atoms with van der Waals surface area (Å²) in [6.45, 7) is 1.84. The van der Waals surface area contributed by atoms with Crippen molar-refractivity contribution in [2.24, 2.45) is 0 Å². The van der Waals surface area contributed by atoms with Gasteiger partial charge < -0.3 is 5.32 Å². The van der Waals surface area contributed by atoms with Gasteiger partial charge in [-0.2, -0.15) is 0 Å². The molecule has 1 aromatic carbocycles. The molecule has 3 nitrogen and oxygen atoms in total. The quantitative estimate of drug-likeness (QED) is 0.885. The molecule has 1 atom stereocenters. The van der Waals surface area contributed by atoms with Crippen molar-refractivity contribution in [3.63, 3.8) is 0 Å². The summed E-state index contributed by atoms with van der Waals surface area (Å²) in [4.78, 5) is 0. The molecule has 6 heteroatoms. The van der Waals surface area contributed by atoms with Gasteiger partial charge in [-0.3, -0.25) is 0 Å². The average Bonchev–Trinajstić information content (AvgIpc) is 2.08. The van der Waals surface area contributed by atoms with E-state index >= 15 is 0 Å². The highest BCUT2D eigenvalue weighted by Gasteiger charge is 2.13. The third-order valence-electron chi connectivity index (χ3n) is 1.91. The maximum atomic E-state index is 11.1. The minimum absolute atomic E-state index is 0.112. The standard InChI is InChI=1S/C10H13Br2NO2S/c1-7(6-16(2,14)15)13-10-8(11)4-3-5-9(10)12/h3-5,7,13H,6H2,1-2H3. The Morgan fingerprint density at radius 2 is 1.81 bits per heavy atom. The second kappa shape index (κ2) is 5.51. The molecule has 1 N–H and O–H groups in total. The van der Waals surface area contributed by atoms with Crippen LogP contribution in [0.2, 0.25) is 0 Å². The molecule has 1 unspecified atom stereocenters. The third kappa shape index (κ3) is 4.43. The van der Waals surface area contributed by atoms with Crippen LogP contribution < -0.4 is 5.32 Å². The summed E-state index contributed by atoms with van der Waals surface area (Å²) in [7, 11) is -2.96. The van der Waals surface area contributed by atoms with Gasteiger partial charge in [-0.1, -0.05) is 6.07 Å². The van der Waals surface area contributed by atoms with Gasteiger partial charge in [0, 0.05) is 21.2 Å². The Bertz CT molecular complexity index is 453. The molecule has 16 heavy (non-hydrogen) atoms. The monoisotopic (exact) mass is 369 g/mol. The molecule has 0 saturated heterocycles. The molecule has 0 heterocycles. The van der Waals surface area contributed by atoms with E-state index in [1.807, 2.05) is 25.1 Å². The predicted molar refractivity (Wildman–Crippen MR) is 74.6 cm³/mol. The first-order valence-corrected chi connectivity index (χ1v) is 8.32. The van der Waals surface area contributed by atoms with Crippen LogP contribution in [0.5, 0.6) is 0 Å². The van der Waals surface area contributed by atoms with Gasteiger partial charge in [-0.15, -0.1) is 0 Å². The number of para-hydroxylation sites is 1. The number of rotatable bonds is 4. The maximum Gasteiger partial charge on any atom is 0.149 e. The van der Waals surface area contributed by atoms with Gasteiger partial charge in [0.25, 0.3) is 0 Å². The summed E-state index contributed by atoms with van der Waals surface area (Å²) in [6, 6.07) is 5.58. The largest absolute Gasteiger partial charge is 0.380 e. The van der Waals surface area contributed by atoms with Crippen LogP contribution in [-0.2, 0) is 9.84 Å². The third-order valence-corrected chi connectivity index (χ3v) is 4.33. The summed E-state index contributed by atoms with van der Waals surface area (Å²) < 4.78 is 24.1. The lowest BCUT2D eigenvalue weighted by Crippen LogP contribution is -2.25. The Morgan fingerprint density at radius 1 is 1.31 bits per heavy atom. The predicted octanol–water partition coefficient (Wildman–Crippen LogP) is 3.06. The molecule has 0 saturated carbocycles. The van der Waals surface area contributed by atoms with E-state index < -0.39 is 9.84 Å². The Balaban J connectivity index is 2.81. The zero-order chi connectivity index (χ0) is 12.3. The fourth-order valence-corrected chi connectivity index (χ4v) is 3.60. The summed E-state index contributed by atoms with van der Waals surface area (Å²) >= 11 is 6.83. The van der Waals surface area contributed by atoms with E-state index in [0.29, 0.717) is 0 Å². The SMILES string of the molecule is CC(CS(C)(=O)=O)Nc1c(Br)cccc1Br. The fourth-order valence-electron chi connectivity index (χ4n) is 1.38. The van der Waals surface area contributed by atoms with E-state index in [-0.39, 0.29) is 11.8 Å². The molecular weight excluding hydrogens is 358 g/mol. The second-order valence-corrected chi connectivity index (χ2v) is 7.63. The molecule has 0 radical (unpaired) electrons. The van der Waals surface area contributed by atoms with E-state index in [0.717, 1.165) is 14.6 Å². The lowest BCUT2D eigenvalue weighted by Gasteiger charge is -2.16. The van der Waals surface area contributed by atoms with E-state index in [4.69, 9.17) is 0 Å². The van der Waals surface area contributed by atoms with E-state index in [9.17, 15) is 8.42 Å². The molecular formula is C10H13Br2NO2S.